The number of nitrogens with zero attached hydrogens (tertiary/aromatic N) is 1. The molecule has 1 saturated carbocycles. The van der Waals surface area contributed by atoms with Crippen LogP contribution in [0.4, 0.5) is 0 Å². The predicted octanol–water partition coefficient (Wildman–Crippen LogP) is 3.50. The molecule has 0 spiro atoms. The summed E-state index contributed by atoms with van der Waals surface area (Å²) in [6.07, 6.45) is 3.51. The van der Waals surface area contributed by atoms with Crippen molar-refractivity contribution in [1.82, 2.24) is 9.97 Å². The first-order chi connectivity index (χ1) is 8.17. The van der Waals surface area contributed by atoms with Crippen LogP contribution in [-0.4, -0.2) is 16.6 Å². The van der Waals surface area contributed by atoms with E-state index in [4.69, 9.17) is 17.0 Å². The van der Waals surface area contributed by atoms with Gasteiger partial charge in [-0.2, -0.15) is 0 Å². The second kappa shape index (κ2) is 5.27. The van der Waals surface area contributed by atoms with Crippen molar-refractivity contribution in [3.63, 3.8) is 0 Å². The molecule has 0 amide bonds. The summed E-state index contributed by atoms with van der Waals surface area (Å²) in [5.74, 6) is 1.54. The highest BCUT2D eigenvalue weighted by molar-refractivity contribution is 7.71. The van der Waals surface area contributed by atoms with Crippen LogP contribution in [0.5, 0.6) is 0 Å². The quantitative estimate of drug-likeness (QED) is 0.815. The van der Waals surface area contributed by atoms with E-state index in [1.807, 2.05) is 6.92 Å². The van der Waals surface area contributed by atoms with Gasteiger partial charge in [0.2, 0.25) is 0 Å². The third kappa shape index (κ3) is 2.75. The van der Waals surface area contributed by atoms with Gasteiger partial charge in [0, 0.05) is 17.9 Å². The van der Waals surface area contributed by atoms with E-state index in [0.717, 1.165) is 34.8 Å². The fourth-order valence-corrected chi connectivity index (χ4v) is 2.60. The van der Waals surface area contributed by atoms with Crippen molar-refractivity contribution in [3.8, 4) is 0 Å². The van der Waals surface area contributed by atoms with Crippen molar-refractivity contribution in [1.29, 1.82) is 0 Å². The third-order valence-electron chi connectivity index (χ3n) is 3.27. The van der Waals surface area contributed by atoms with Gasteiger partial charge in [0.25, 0.3) is 0 Å². The minimum Gasteiger partial charge on any atom is -0.370 e. The van der Waals surface area contributed by atoms with E-state index in [1.54, 1.807) is 0 Å². The summed E-state index contributed by atoms with van der Waals surface area (Å²) in [5.41, 5.74) is 2.28. The molecular formula is C13H20N2OS. The van der Waals surface area contributed by atoms with Crippen molar-refractivity contribution >= 4 is 12.2 Å². The smallest absolute Gasteiger partial charge is 0.137 e. The Labute approximate surface area is 108 Å². The maximum Gasteiger partial charge on any atom is 0.137 e. The molecule has 0 radical (unpaired) electrons. The van der Waals surface area contributed by atoms with Gasteiger partial charge in [-0.3, -0.25) is 0 Å². The van der Waals surface area contributed by atoms with Crippen LogP contribution in [0, 0.1) is 17.5 Å². The first-order valence-corrected chi connectivity index (χ1v) is 6.79. The third-order valence-corrected chi connectivity index (χ3v) is 3.61. The largest absolute Gasteiger partial charge is 0.370 e. The van der Waals surface area contributed by atoms with E-state index < -0.39 is 0 Å². The second-order valence-corrected chi connectivity index (χ2v) is 4.98. The Kier molecular flexibility index (Phi) is 3.94. The average molecular weight is 252 g/mol. The summed E-state index contributed by atoms with van der Waals surface area (Å²) in [6, 6.07) is 0. The SMILES string of the molecule is CCOC(c1nc(=S)c(CC)c(C)[nH]1)C1CC1. The van der Waals surface area contributed by atoms with Crippen molar-refractivity contribution in [2.75, 3.05) is 6.61 Å². The van der Waals surface area contributed by atoms with E-state index in [2.05, 4.69) is 23.8 Å². The number of aryl methyl sites for hydroxylation is 1. The lowest BCUT2D eigenvalue weighted by Crippen LogP contribution is -2.13. The molecule has 1 aliphatic carbocycles. The van der Waals surface area contributed by atoms with E-state index in [-0.39, 0.29) is 6.10 Å². The molecule has 1 fully saturated rings. The topological polar surface area (TPSA) is 37.9 Å². The Balaban J connectivity index is 2.34. The summed E-state index contributed by atoms with van der Waals surface area (Å²) in [7, 11) is 0. The number of rotatable bonds is 5. The van der Waals surface area contributed by atoms with Gasteiger partial charge in [-0.05, 0) is 39.0 Å². The highest BCUT2D eigenvalue weighted by atomic mass is 32.1. The average Bonchev–Trinajstić information content (AvgIpc) is 3.09. The van der Waals surface area contributed by atoms with Crippen LogP contribution in [0.1, 0.15) is 49.9 Å². The summed E-state index contributed by atoms with van der Waals surface area (Å²) in [6.45, 7) is 6.92. The van der Waals surface area contributed by atoms with E-state index in [9.17, 15) is 0 Å². The number of ether oxygens (including phenoxy) is 1. The molecule has 94 valence electrons. The molecule has 1 N–H and O–H groups in total. The molecule has 2 rings (SSSR count). The minimum absolute atomic E-state index is 0.103. The van der Waals surface area contributed by atoms with Crippen molar-refractivity contribution < 1.29 is 4.74 Å². The van der Waals surface area contributed by atoms with E-state index >= 15 is 0 Å². The van der Waals surface area contributed by atoms with Crippen molar-refractivity contribution in [3.05, 3.63) is 21.7 Å². The van der Waals surface area contributed by atoms with Gasteiger partial charge in [0.15, 0.2) is 0 Å². The van der Waals surface area contributed by atoms with Crippen molar-refractivity contribution in [2.24, 2.45) is 5.92 Å². The Morgan fingerprint density at radius 2 is 2.18 bits per heavy atom. The van der Waals surface area contributed by atoms with Crippen molar-refractivity contribution in [2.45, 2.75) is 46.1 Å². The molecule has 1 aromatic rings. The minimum atomic E-state index is 0.103. The van der Waals surface area contributed by atoms with Crippen LogP contribution in [0.15, 0.2) is 0 Å². The van der Waals surface area contributed by atoms with Crippen LogP contribution in [0.25, 0.3) is 0 Å². The molecule has 0 bridgehead atoms. The fourth-order valence-electron chi connectivity index (χ4n) is 2.20. The monoisotopic (exact) mass is 252 g/mol. The fraction of sp³-hybridized carbons (Fsp3) is 0.692. The molecule has 17 heavy (non-hydrogen) atoms. The molecule has 4 heteroatoms. The number of H-pyrrole nitrogens is 1. The predicted molar refractivity (Wildman–Crippen MR) is 70.6 cm³/mol. The second-order valence-electron chi connectivity index (χ2n) is 4.60. The zero-order valence-electron chi connectivity index (χ0n) is 10.7. The Hall–Kier alpha value is -0.740. The lowest BCUT2D eigenvalue weighted by Gasteiger charge is -2.17. The molecule has 1 aliphatic rings. The van der Waals surface area contributed by atoms with Gasteiger partial charge in [-0.15, -0.1) is 0 Å². The van der Waals surface area contributed by atoms with Crippen LogP contribution >= 0.6 is 12.2 Å². The van der Waals surface area contributed by atoms with Crippen LogP contribution in [-0.2, 0) is 11.2 Å². The molecule has 3 nitrogen and oxygen atoms in total. The van der Waals surface area contributed by atoms with Gasteiger partial charge >= 0.3 is 0 Å². The highest BCUT2D eigenvalue weighted by Crippen LogP contribution is 2.42. The lowest BCUT2D eigenvalue weighted by atomic mass is 10.1. The van der Waals surface area contributed by atoms with Crippen LogP contribution in [0.3, 0.4) is 0 Å². The standard InChI is InChI=1S/C13H20N2OS/c1-4-10-8(3)14-12(15-13(10)17)11(16-5-2)9-6-7-9/h9,11H,4-7H2,1-3H3,(H,14,15,17). The maximum absolute atomic E-state index is 5.80. The Bertz CT molecular complexity index is 451. The normalized spacial score (nSPS) is 17.1. The summed E-state index contributed by atoms with van der Waals surface area (Å²) in [5, 5.41) is 0. The molecular weight excluding hydrogens is 232 g/mol. The molecule has 0 aromatic carbocycles. The number of nitrogens with one attached hydrogen (secondary N) is 1. The van der Waals surface area contributed by atoms with Crippen LogP contribution < -0.4 is 0 Å². The van der Waals surface area contributed by atoms with Gasteiger partial charge in [0.05, 0.1) is 0 Å². The Morgan fingerprint density at radius 3 is 2.65 bits per heavy atom. The molecule has 1 heterocycles. The first kappa shape index (κ1) is 12.7. The summed E-state index contributed by atoms with van der Waals surface area (Å²) >= 11 is 5.35. The summed E-state index contributed by atoms with van der Waals surface area (Å²) < 4.78 is 6.52. The molecule has 1 unspecified atom stereocenters. The zero-order valence-corrected chi connectivity index (χ0v) is 11.6. The number of aromatic nitrogens is 2. The number of hydrogen-bond acceptors (Lipinski definition) is 3. The van der Waals surface area contributed by atoms with Gasteiger partial charge in [0.1, 0.15) is 16.6 Å². The van der Waals surface area contributed by atoms with E-state index in [1.165, 1.54) is 12.8 Å². The van der Waals surface area contributed by atoms with E-state index in [0.29, 0.717) is 5.92 Å². The zero-order chi connectivity index (χ0) is 12.4. The molecule has 0 saturated heterocycles. The Morgan fingerprint density at radius 1 is 1.47 bits per heavy atom. The number of hydrogen-bond donors (Lipinski definition) is 1. The number of aromatic amines is 1. The van der Waals surface area contributed by atoms with Crippen LogP contribution in [0.2, 0.25) is 0 Å². The molecule has 0 aliphatic heterocycles. The summed E-state index contributed by atoms with van der Waals surface area (Å²) in [4.78, 5) is 7.89. The molecule has 1 aromatic heterocycles. The molecule has 1 atom stereocenters. The maximum atomic E-state index is 5.80. The van der Waals surface area contributed by atoms with Gasteiger partial charge in [-0.1, -0.05) is 19.1 Å². The van der Waals surface area contributed by atoms with Gasteiger partial charge in [-0.25, -0.2) is 4.98 Å². The lowest BCUT2D eigenvalue weighted by molar-refractivity contribution is 0.0398. The highest BCUT2D eigenvalue weighted by Gasteiger charge is 2.34. The van der Waals surface area contributed by atoms with Gasteiger partial charge < -0.3 is 9.72 Å². The first-order valence-electron chi connectivity index (χ1n) is 6.38.